The number of hydrogen-bond acceptors (Lipinski definition) is 3. The van der Waals surface area contributed by atoms with Gasteiger partial charge in [-0.15, -0.1) is 0 Å². The van der Waals surface area contributed by atoms with Gasteiger partial charge in [-0.05, 0) is 47.9 Å². The summed E-state index contributed by atoms with van der Waals surface area (Å²) in [4.78, 5) is 0. The lowest BCUT2D eigenvalue weighted by atomic mass is 10.0. The maximum absolute atomic E-state index is 9.27. The van der Waals surface area contributed by atoms with Gasteiger partial charge >= 0.3 is 0 Å². The summed E-state index contributed by atoms with van der Waals surface area (Å²) in [5.74, 6) is 6.80. The van der Waals surface area contributed by atoms with Crippen molar-refractivity contribution in [3.63, 3.8) is 0 Å². The van der Waals surface area contributed by atoms with Crippen molar-refractivity contribution in [3.8, 4) is 5.75 Å². The predicted molar refractivity (Wildman–Crippen MR) is 75.0 cm³/mol. The van der Waals surface area contributed by atoms with Crippen LogP contribution in [0.1, 0.15) is 25.3 Å². The van der Waals surface area contributed by atoms with E-state index in [1.807, 2.05) is 12.1 Å². The van der Waals surface area contributed by atoms with Gasteiger partial charge < -0.3 is 5.11 Å². The highest BCUT2D eigenvalue weighted by Crippen LogP contribution is 2.26. The third kappa shape index (κ3) is 2.63. The number of anilines is 2. The second-order valence-electron chi connectivity index (χ2n) is 4.64. The van der Waals surface area contributed by atoms with Crippen molar-refractivity contribution in [1.29, 1.82) is 0 Å². The third-order valence-electron chi connectivity index (χ3n) is 2.94. The number of phenolic OH excluding ortho intramolecular Hbond substituents is 1. The second-order valence-corrected chi connectivity index (χ2v) is 4.64. The van der Waals surface area contributed by atoms with Crippen molar-refractivity contribution in [3.05, 3.63) is 54.1 Å². The number of benzene rings is 2. The zero-order chi connectivity index (χ0) is 13.1. The van der Waals surface area contributed by atoms with Crippen molar-refractivity contribution in [2.24, 2.45) is 5.84 Å². The van der Waals surface area contributed by atoms with E-state index in [0.29, 0.717) is 5.92 Å². The van der Waals surface area contributed by atoms with Crippen LogP contribution < -0.4 is 10.9 Å². The number of nitrogens with zero attached hydrogens (tertiary/aromatic N) is 1. The maximum atomic E-state index is 9.27. The molecule has 0 saturated heterocycles. The van der Waals surface area contributed by atoms with Gasteiger partial charge in [0.25, 0.3) is 0 Å². The summed E-state index contributed by atoms with van der Waals surface area (Å²) in [7, 11) is 0. The lowest BCUT2D eigenvalue weighted by Gasteiger charge is -2.20. The number of nitrogens with two attached hydrogens (primary N) is 1. The van der Waals surface area contributed by atoms with Gasteiger partial charge in [0.05, 0.1) is 11.4 Å². The number of phenols is 1. The SMILES string of the molecule is CC(C)c1cccc(N(N)c2ccc(O)cc2)c1. The van der Waals surface area contributed by atoms with Crippen molar-refractivity contribution >= 4 is 11.4 Å². The molecule has 3 heteroatoms. The first-order valence-corrected chi connectivity index (χ1v) is 6.02. The van der Waals surface area contributed by atoms with E-state index in [2.05, 4.69) is 26.0 Å². The molecule has 0 aliphatic carbocycles. The maximum Gasteiger partial charge on any atom is 0.115 e. The normalized spacial score (nSPS) is 10.7. The van der Waals surface area contributed by atoms with Crippen molar-refractivity contribution in [2.75, 3.05) is 5.01 Å². The fourth-order valence-corrected chi connectivity index (χ4v) is 1.80. The molecule has 3 N–H and O–H groups in total. The Labute approximate surface area is 107 Å². The molecule has 0 bridgehead atoms. The molecule has 2 aromatic carbocycles. The summed E-state index contributed by atoms with van der Waals surface area (Å²) in [6, 6.07) is 15.0. The Hall–Kier alpha value is -2.00. The number of aromatic hydroxyl groups is 1. The van der Waals surface area contributed by atoms with Crippen LogP contribution in [0.4, 0.5) is 11.4 Å². The van der Waals surface area contributed by atoms with Crippen LogP contribution in [0.25, 0.3) is 0 Å². The van der Waals surface area contributed by atoms with Gasteiger partial charge in [-0.2, -0.15) is 0 Å². The molecule has 0 radical (unpaired) electrons. The van der Waals surface area contributed by atoms with Crippen LogP contribution >= 0.6 is 0 Å². The van der Waals surface area contributed by atoms with E-state index in [1.165, 1.54) is 5.56 Å². The van der Waals surface area contributed by atoms with E-state index in [9.17, 15) is 5.11 Å². The van der Waals surface area contributed by atoms with Crippen LogP contribution in [-0.4, -0.2) is 5.11 Å². The standard InChI is InChI=1S/C15H18N2O/c1-11(2)12-4-3-5-14(10-12)17(16)13-6-8-15(18)9-7-13/h3-11,18H,16H2,1-2H3. The fraction of sp³-hybridized carbons (Fsp3) is 0.200. The molecular weight excluding hydrogens is 224 g/mol. The zero-order valence-electron chi connectivity index (χ0n) is 10.7. The first-order valence-electron chi connectivity index (χ1n) is 6.02. The Kier molecular flexibility index (Phi) is 3.53. The Morgan fingerprint density at radius 2 is 1.67 bits per heavy atom. The molecule has 0 amide bonds. The summed E-state index contributed by atoms with van der Waals surface area (Å²) in [6.07, 6.45) is 0. The van der Waals surface area contributed by atoms with Gasteiger partial charge in [-0.1, -0.05) is 26.0 Å². The van der Waals surface area contributed by atoms with E-state index < -0.39 is 0 Å². The van der Waals surface area contributed by atoms with Crippen LogP contribution in [0.3, 0.4) is 0 Å². The molecule has 0 fully saturated rings. The van der Waals surface area contributed by atoms with E-state index in [0.717, 1.165) is 11.4 Å². The lowest BCUT2D eigenvalue weighted by Crippen LogP contribution is -2.24. The average Bonchev–Trinajstić information content (AvgIpc) is 2.39. The molecule has 2 aromatic rings. The molecule has 0 atom stereocenters. The Morgan fingerprint density at radius 3 is 2.28 bits per heavy atom. The highest BCUT2D eigenvalue weighted by Gasteiger charge is 2.06. The van der Waals surface area contributed by atoms with Gasteiger partial charge in [0.15, 0.2) is 0 Å². The minimum Gasteiger partial charge on any atom is -0.508 e. The second kappa shape index (κ2) is 5.10. The Bertz CT molecular complexity index is 520. The molecule has 0 heterocycles. The minimum absolute atomic E-state index is 0.239. The summed E-state index contributed by atoms with van der Waals surface area (Å²) >= 11 is 0. The van der Waals surface area contributed by atoms with E-state index in [4.69, 9.17) is 5.84 Å². The molecule has 3 nitrogen and oxygen atoms in total. The number of hydrogen-bond donors (Lipinski definition) is 2. The molecular formula is C15H18N2O. The van der Waals surface area contributed by atoms with Crippen LogP contribution in [0.5, 0.6) is 5.75 Å². The van der Waals surface area contributed by atoms with Crippen LogP contribution in [-0.2, 0) is 0 Å². The highest BCUT2D eigenvalue weighted by atomic mass is 16.3. The summed E-state index contributed by atoms with van der Waals surface area (Å²) in [5, 5.41) is 10.9. The van der Waals surface area contributed by atoms with Gasteiger partial charge in [0.1, 0.15) is 5.75 Å². The summed E-state index contributed by atoms with van der Waals surface area (Å²) < 4.78 is 0. The number of rotatable bonds is 3. The smallest absolute Gasteiger partial charge is 0.115 e. The first kappa shape index (κ1) is 12.5. The predicted octanol–water partition coefficient (Wildman–Crippen LogP) is 3.53. The molecule has 0 aromatic heterocycles. The third-order valence-corrected chi connectivity index (χ3v) is 2.94. The van der Waals surface area contributed by atoms with E-state index in [-0.39, 0.29) is 5.75 Å². The van der Waals surface area contributed by atoms with Gasteiger partial charge in [0, 0.05) is 0 Å². The van der Waals surface area contributed by atoms with Gasteiger partial charge in [-0.25, -0.2) is 5.84 Å². The van der Waals surface area contributed by atoms with Gasteiger partial charge in [-0.3, -0.25) is 5.01 Å². The molecule has 0 spiro atoms. The van der Waals surface area contributed by atoms with E-state index in [1.54, 1.807) is 29.3 Å². The molecule has 0 unspecified atom stereocenters. The lowest BCUT2D eigenvalue weighted by molar-refractivity contribution is 0.475. The number of hydrazine groups is 1. The van der Waals surface area contributed by atoms with Gasteiger partial charge in [0.2, 0.25) is 0 Å². The summed E-state index contributed by atoms with van der Waals surface area (Å²) in [5.41, 5.74) is 3.03. The monoisotopic (exact) mass is 242 g/mol. The van der Waals surface area contributed by atoms with Crippen molar-refractivity contribution in [1.82, 2.24) is 0 Å². The largest absolute Gasteiger partial charge is 0.508 e. The molecule has 18 heavy (non-hydrogen) atoms. The zero-order valence-corrected chi connectivity index (χ0v) is 10.7. The van der Waals surface area contributed by atoms with Crippen molar-refractivity contribution in [2.45, 2.75) is 19.8 Å². The molecule has 0 aliphatic rings. The van der Waals surface area contributed by atoms with E-state index >= 15 is 0 Å². The first-order chi connectivity index (χ1) is 8.58. The quantitative estimate of drug-likeness (QED) is 0.639. The van der Waals surface area contributed by atoms with Crippen LogP contribution in [0.15, 0.2) is 48.5 Å². The van der Waals surface area contributed by atoms with Crippen LogP contribution in [0.2, 0.25) is 0 Å². The van der Waals surface area contributed by atoms with Crippen molar-refractivity contribution < 1.29 is 5.11 Å². The summed E-state index contributed by atoms with van der Waals surface area (Å²) in [6.45, 7) is 4.31. The Morgan fingerprint density at radius 1 is 1.00 bits per heavy atom. The molecule has 94 valence electrons. The molecule has 0 aliphatic heterocycles. The Balaban J connectivity index is 2.30. The molecule has 2 rings (SSSR count). The minimum atomic E-state index is 0.239. The molecule has 0 saturated carbocycles. The topological polar surface area (TPSA) is 49.5 Å². The fourth-order valence-electron chi connectivity index (χ4n) is 1.80. The van der Waals surface area contributed by atoms with Crippen LogP contribution in [0, 0.1) is 0 Å². The average molecular weight is 242 g/mol. The highest BCUT2D eigenvalue weighted by molar-refractivity contribution is 5.62.